The van der Waals surface area contributed by atoms with Gasteiger partial charge in [0.2, 0.25) is 5.95 Å². The van der Waals surface area contributed by atoms with Gasteiger partial charge in [-0.05, 0) is 31.6 Å². The number of aromatic nitrogens is 3. The van der Waals surface area contributed by atoms with Crippen LogP contribution in [0.15, 0.2) is 0 Å². The number of hydrogen-bond acceptors (Lipinski definition) is 6. The zero-order chi connectivity index (χ0) is 13.7. The molecule has 0 radical (unpaired) electrons. The van der Waals surface area contributed by atoms with E-state index >= 15 is 0 Å². The summed E-state index contributed by atoms with van der Waals surface area (Å²) in [4.78, 5) is 12.1. The number of nitrogen functional groups attached to an aromatic ring is 1. The van der Waals surface area contributed by atoms with Gasteiger partial charge in [-0.25, -0.2) is 0 Å². The van der Waals surface area contributed by atoms with Gasteiger partial charge in [-0.15, -0.1) is 4.98 Å². The van der Waals surface area contributed by atoms with Crippen molar-refractivity contribution in [2.75, 3.05) is 12.3 Å². The number of rotatable bonds is 5. The molecule has 2 unspecified atom stereocenters. The minimum absolute atomic E-state index is 0.139. The fourth-order valence-electron chi connectivity index (χ4n) is 2.30. The Bertz CT molecular complexity index is 414. The third kappa shape index (κ3) is 4.22. The van der Waals surface area contributed by atoms with E-state index in [9.17, 15) is 0 Å². The number of hydrogen-bond donors (Lipinski definition) is 1. The monoisotopic (exact) mass is 266 g/mol. The molecule has 0 bridgehead atoms. The van der Waals surface area contributed by atoms with Crippen LogP contribution in [0.4, 0.5) is 5.95 Å². The summed E-state index contributed by atoms with van der Waals surface area (Å²) >= 11 is 0. The minimum Gasteiger partial charge on any atom is -0.463 e. The first-order valence-electron chi connectivity index (χ1n) is 6.98. The van der Waals surface area contributed by atoms with Crippen molar-refractivity contribution in [1.29, 1.82) is 0 Å². The first-order chi connectivity index (χ1) is 9.17. The van der Waals surface area contributed by atoms with Crippen molar-refractivity contribution < 1.29 is 9.47 Å². The second-order valence-corrected chi connectivity index (χ2v) is 5.12. The molecule has 0 spiro atoms. The van der Waals surface area contributed by atoms with Gasteiger partial charge in [0.1, 0.15) is 6.10 Å². The van der Waals surface area contributed by atoms with Crippen LogP contribution >= 0.6 is 0 Å². The van der Waals surface area contributed by atoms with Crippen molar-refractivity contribution in [1.82, 2.24) is 15.0 Å². The van der Waals surface area contributed by atoms with Crippen molar-refractivity contribution in [2.24, 2.45) is 5.92 Å². The molecule has 2 rings (SSSR count). The van der Waals surface area contributed by atoms with E-state index in [1.165, 1.54) is 12.8 Å². The van der Waals surface area contributed by atoms with Gasteiger partial charge < -0.3 is 15.2 Å². The predicted molar refractivity (Wildman–Crippen MR) is 72.1 cm³/mol. The van der Waals surface area contributed by atoms with Gasteiger partial charge in [0, 0.05) is 0 Å². The van der Waals surface area contributed by atoms with Gasteiger partial charge in [-0.1, -0.05) is 20.3 Å². The summed E-state index contributed by atoms with van der Waals surface area (Å²) in [7, 11) is 0. The lowest BCUT2D eigenvalue weighted by molar-refractivity contribution is 0.116. The third-order valence-electron chi connectivity index (χ3n) is 3.21. The van der Waals surface area contributed by atoms with Crippen LogP contribution in [0.25, 0.3) is 0 Å². The van der Waals surface area contributed by atoms with Gasteiger partial charge in [-0.3, -0.25) is 0 Å². The lowest BCUT2D eigenvalue weighted by Gasteiger charge is -2.26. The number of nitrogens with two attached hydrogens (primary N) is 1. The van der Waals surface area contributed by atoms with Crippen LogP contribution in [0, 0.1) is 5.92 Å². The third-order valence-corrected chi connectivity index (χ3v) is 3.21. The summed E-state index contributed by atoms with van der Waals surface area (Å²) in [6, 6.07) is 0.519. The van der Waals surface area contributed by atoms with E-state index in [4.69, 9.17) is 15.2 Å². The van der Waals surface area contributed by atoms with E-state index in [2.05, 4.69) is 21.9 Å². The molecule has 6 heteroatoms. The van der Waals surface area contributed by atoms with Crippen molar-refractivity contribution in [3.63, 3.8) is 0 Å². The van der Waals surface area contributed by atoms with E-state index in [-0.39, 0.29) is 24.1 Å². The van der Waals surface area contributed by atoms with E-state index in [0.717, 1.165) is 19.3 Å². The Kier molecular flexibility index (Phi) is 4.76. The van der Waals surface area contributed by atoms with Gasteiger partial charge >= 0.3 is 12.0 Å². The normalized spacial score (nSPS) is 23.1. The standard InChI is InChI=1S/C13H22N4O2/c1-3-7-18-12-15-11(14)16-13(17-12)19-10-6-4-5-9(2)8-10/h9-10H,3-8H2,1-2H3,(H2,14,15,16,17). The van der Waals surface area contributed by atoms with E-state index < -0.39 is 0 Å². The summed E-state index contributed by atoms with van der Waals surface area (Å²) in [5, 5.41) is 0. The highest BCUT2D eigenvalue weighted by atomic mass is 16.5. The predicted octanol–water partition coefficient (Wildman–Crippen LogP) is 2.20. The van der Waals surface area contributed by atoms with Gasteiger partial charge in [-0.2, -0.15) is 9.97 Å². The Morgan fingerprint density at radius 3 is 2.74 bits per heavy atom. The molecule has 0 saturated heterocycles. The number of nitrogens with zero attached hydrogens (tertiary/aromatic N) is 3. The van der Waals surface area contributed by atoms with Crippen LogP contribution < -0.4 is 15.2 Å². The first kappa shape index (κ1) is 13.8. The molecule has 1 aliphatic carbocycles. The van der Waals surface area contributed by atoms with Crippen LogP contribution in [0.3, 0.4) is 0 Å². The Morgan fingerprint density at radius 1 is 1.21 bits per heavy atom. The molecule has 1 aromatic heterocycles. The Labute approximate surface area is 113 Å². The average Bonchev–Trinajstić information content (AvgIpc) is 2.35. The smallest absolute Gasteiger partial charge is 0.324 e. The lowest BCUT2D eigenvalue weighted by Crippen LogP contribution is -2.25. The summed E-state index contributed by atoms with van der Waals surface area (Å²) in [5.74, 6) is 0.828. The number of ether oxygens (including phenoxy) is 2. The van der Waals surface area contributed by atoms with Gasteiger partial charge in [0.25, 0.3) is 0 Å². The highest BCUT2D eigenvalue weighted by molar-refractivity contribution is 5.20. The van der Waals surface area contributed by atoms with E-state index in [0.29, 0.717) is 12.5 Å². The second-order valence-electron chi connectivity index (χ2n) is 5.12. The lowest BCUT2D eigenvalue weighted by atomic mass is 9.89. The van der Waals surface area contributed by atoms with Crippen LogP contribution in [-0.4, -0.2) is 27.7 Å². The molecule has 2 N–H and O–H groups in total. The first-order valence-corrected chi connectivity index (χ1v) is 6.98. The SMILES string of the molecule is CCCOc1nc(N)nc(OC2CCCC(C)C2)n1. The van der Waals surface area contributed by atoms with Gasteiger partial charge in [0.15, 0.2) is 0 Å². The quantitative estimate of drug-likeness (QED) is 0.879. The van der Waals surface area contributed by atoms with Crippen molar-refractivity contribution in [3.05, 3.63) is 0 Å². The largest absolute Gasteiger partial charge is 0.463 e. The summed E-state index contributed by atoms with van der Waals surface area (Å²) in [6.45, 7) is 4.82. The van der Waals surface area contributed by atoms with Crippen LogP contribution in [0.5, 0.6) is 12.0 Å². The molecule has 106 valence electrons. The minimum atomic E-state index is 0.139. The van der Waals surface area contributed by atoms with Gasteiger partial charge in [0.05, 0.1) is 6.61 Å². The topological polar surface area (TPSA) is 83.2 Å². The van der Waals surface area contributed by atoms with Crippen molar-refractivity contribution in [3.8, 4) is 12.0 Å². The number of anilines is 1. The maximum atomic E-state index is 5.80. The van der Waals surface area contributed by atoms with Crippen LogP contribution in [0.1, 0.15) is 46.0 Å². The van der Waals surface area contributed by atoms with Crippen LogP contribution in [0.2, 0.25) is 0 Å². The van der Waals surface area contributed by atoms with E-state index in [1.54, 1.807) is 0 Å². The van der Waals surface area contributed by atoms with E-state index in [1.807, 2.05) is 6.92 Å². The fourth-order valence-corrected chi connectivity index (χ4v) is 2.30. The Morgan fingerprint density at radius 2 is 2.00 bits per heavy atom. The maximum Gasteiger partial charge on any atom is 0.324 e. The molecule has 0 aliphatic heterocycles. The molecule has 0 aromatic carbocycles. The molecule has 1 heterocycles. The summed E-state index contributed by atoms with van der Waals surface area (Å²) in [6.07, 6.45) is 5.60. The Hall–Kier alpha value is -1.59. The van der Waals surface area contributed by atoms with Crippen LogP contribution in [-0.2, 0) is 0 Å². The molecule has 1 saturated carbocycles. The summed E-state index contributed by atoms with van der Waals surface area (Å²) in [5.41, 5.74) is 5.64. The molecule has 1 aliphatic rings. The molecule has 6 nitrogen and oxygen atoms in total. The maximum absolute atomic E-state index is 5.80. The summed E-state index contributed by atoms with van der Waals surface area (Å²) < 4.78 is 11.2. The Balaban J connectivity index is 2.00. The molecule has 1 aromatic rings. The van der Waals surface area contributed by atoms with Crippen molar-refractivity contribution >= 4 is 5.95 Å². The zero-order valence-corrected chi connectivity index (χ0v) is 11.6. The average molecular weight is 266 g/mol. The molecular formula is C13H22N4O2. The van der Waals surface area contributed by atoms with Crippen molar-refractivity contribution in [2.45, 2.75) is 52.1 Å². The molecule has 0 amide bonds. The second kappa shape index (κ2) is 6.54. The highest BCUT2D eigenvalue weighted by Crippen LogP contribution is 2.26. The fraction of sp³-hybridized carbons (Fsp3) is 0.769. The molecular weight excluding hydrogens is 244 g/mol. The molecule has 2 atom stereocenters. The highest BCUT2D eigenvalue weighted by Gasteiger charge is 2.21. The molecule has 19 heavy (non-hydrogen) atoms. The molecule has 1 fully saturated rings. The zero-order valence-electron chi connectivity index (χ0n) is 11.6.